The highest BCUT2D eigenvalue weighted by Gasteiger charge is 2.44. The Balaban J connectivity index is 1.70. The topological polar surface area (TPSA) is 66.8 Å². The van der Waals surface area contributed by atoms with Gasteiger partial charge in [0, 0.05) is 12.6 Å². The number of fused-ring (bicyclic) bond motifs is 1. The van der Waals surface area contributed by atoms with Gasteiger partial charge in [-0.3, -0.25) is 0 Å². The number of benzene rings is 2. The van der Waals surface area contributed by atoms with Gasteiger partial charge in [0.2, 0.25) is 10.0 Å². The second-order valence-electron chi connectivity index (χ2n) is 7.07. The Morgan fingerprint density at radius 3 is 2.52 bits per heavy atom. The summed E-state index contributed by atoms with van der Waals surface area (Å²) in [5.41, 5.74) is 0. The number of aliphatic hydroxyl groups excluding tert-OH is 1. The van der Waals surface area contributed by atoms with Crippen LogP contribution in [-0.2, 0) is 10.0 Å². The molecule has 134 valence electrons. The molecule has 0 bridgehead atoms. The average molecular weight is 361 g/mol. The zero-order valence-corrected chi connectivity index (χ0v) is 15.1. The molecule has 1 aliphatic heterocycles. The Morgan fingerprint density at radius 2 is 1.80 bits per heavy atom. The maximum Gasteiger partial charge on any atom is 0.243 e. The molecule has 25 heavy (non-hydrogen) atoms. The highest BCUT2D eigenvalue weighted by molar-refractivity contribution is 7.89. The van der Waals surface area contributed by atoms with Crippen LogP contribution < -0.4 is 4.74 Å². The largest absolute Gasteiger partial charge is 0.497 e. The van der Waals surface area contributed by atoms with Crippen molar-refractivity contribution >= 4 is 20.8 Å². The summed E-state index contributed by atoms with van der Waals surface area (Å²) in [4.78, 5) is 0.326. The van der Waals surface area contributed by atoms with E-state index < -0.39 is 10.0 Å². The quantitative estimate of drug-likeness (QED) is 0.909. The fourth-order valence-electron chi connectivity index (χ4n) is 3.79. The van der Waals surface area contributed by atoms with Crippen LogP contribution in [0.2, 0.25) is 0 Å². The summed E-state index contributed by atoms with van der Waals surface area (Å²) in [6, 6.07) is 10.8. The number of methoxy groups -OCH3 is 1. The van der Waals surface area contributed by atoms with Gasteiger partial charge in [-0.25, -0.2) is 8.42 Å². The zero-order valence-electron chi connectivity index (χ0n) is 14.3. The Labute approximate surface area is 148 Å². The second-order valence-corrected chi connectivity index (χ2v) is 8.96. The fourth-order valence-corrected chi connectivity index (χ4v) is 5.54. The van der Waals surface area contributed by atoms with Crippen LogP contribution in [0.4, 0.5) is 0 Å². The first-order valence-electron chi connectivity index (χ1n) is 8.77. The summed E-state index contributed by atoms with van der Waals surface area (Å²) in [5, 5.41) is 11.8. The van der Waals surface area contributed by atoms with Crippen LogP contribution in [0.25, 0.3) is 10.8 Å². The SMILES string of the molecule is COc1ccc2cc(S(=O)(=O)N3CC[C@H](O)C[C@@H]3C3CC3)ccc2c1. The van der Waals surface area contributed by atoms with E-state index in [1.54, 1.807) is 23.5 Å². The van der Waals surface area contributed by atoms with Crippen LogP contribution in [0.3, 0.4) is 0 Å². The first-order chi connectivity index (χ1) is 12.0. The number of piperidine rings is 1. The van der Waals surface area contributed by atoms with Crippen LogP contribution in [0.1, 0.15) is 25.7 Å². The Morgan fingerprint density at radius 1 is 1.08 bits per heavy atom. The number of aliphatic hydroxyl groups is 1. The molecule has 0 spiro atoms. The van der Waals surface area contributed by atoms with Crippen molar-refractivity contribution in [2.75, 3.05) is 13.7 Å². The number of hydrogen-bond donors (Lipinski definition) is 1. The minimum Gasteiger partial charge on any atom is -0.497 e. The molecule has 0 unspecified atom stereocenters. The molecule has 1 heterocycles. The van der Waals surface area contributed by atoms with Gasteiger partial charge in [-0.2, -0.15) is 4.31 Å². The van der Waals surface area contributed by atoms with E-state index in [9.17, 15) is 13.5 Å². The summed E-state index contributed by atoms with van der Waals surface area (Å²) in [6.07, 6.45) is 2.78. The molecule has 1 saturated carbocycles. The van der Waals surface area contributed by atoms with E-state index >= 15 is 0 Å². The zero-order chi connectivity index (χ0) is 17.6. The molecule has 2 aromatic rings. The van der Waals surface area contributed by atoms with Crippen molar-refractivity contribution in [2.24, 2.45) is 5.92 Å². The number of nitrogens with zero attached hydrogens (tertiary/aromatic N) is 1. The molecular formula is C19H23NO4S. The second kappa shape index (κ2) is 6.27. The van der Waals surface area contributed by atoms with Crippen molar-refractivity contribution in [3.8, 4) is 5.75 Å². The van der Waals surface area contributed by atoms with Crippen LogP contribution in [0, 0.1) is 5.92 Å². The van der Waals surface area contributed by atoms with E-state index in [1.165, 1.54) is 0 Å². The van der Waals surface area contributed by atoms with Crippen LogP contribution in [-0.4, -0.2) is 43.6 Å². The number of sulfonamides is 1. The normalized spacial score (nSPS) is 25.2. The van der Waals surface area contributed by atoms with Gasteiger partial charge in [0.1, 0.15) is 5.75 Å². The maximum absolute atomic E-state index is 13.2. The van der Waals surface area contributed by atoms with Crippen molar-refractivity contribution in [3.05, 3.63) is 36.4 Å². The van der Waals surface area contributed by atoms with Crippen molar-refractivity contribution < 1.29 is 18.3 Å². The van der Waals surface area contributed by atoms with Gasteiger partial charge in [0.15, 0.2) is 0 Å². The smallest absolute Gasteiger partial charge is 0.243 e. The predicted octanol–water partition coefficient (Wildman–Crippen LogP) is 2.77. The molecule has 0 aromatic heterocycles. The van der Waals surface area contributed by atoms with E-state index in [1.807, 2.05) is 24.3 Å². The third-order valence-electron chi connectivity index (χ3n) is 5.36. The standard InChI is InChI=1S/C19H23NO4S/c1-24-17-6-4-15-11-18(7-5-14(15)10-17)25(22,23)20-9-8-16(21)12-19(20)13-2-3-13/h4-7,10-11,13,16,19,21H,2-3,8-9,12H2,1H3/t16-,19+/m0/s1. The van der Waals surface area contributed by atoms with E-state index in [4.69, 9.17) is 4.74 Å². The highest BCUT2D eigenvalue weighted by atomic mass is 32.2. The fraction of sp³-hybridized carbons (Fsp3) is 0.474. The van der Waals surface area contributed by atoms with Crippen molar-refractivity contribution in [1.82, 2.24) is 4.31 Å². The highest BCUT2D eigenvalue weighted by Crippen LogP contribution is 2.41. The van der Waals surface area contributed by atoms with Gasteiger partial charge in [0.05, 0.1) is 18.1 Å². The molecule has 5 nitrogen and oxygen atoms in total. The lowest BCUT2D eigenvalue weighted by molar-refractivity contribution is 0.0736. The summed E-state index contributed by atoms with van der Waals surface area (Å²) in [5.74, 6) is 1.15. The Bertz CT molecular complexity index is 891. The number of rotatable bonds is 4. The molecule has 1 N–H and O–H groups in total. The Hall–Kier alpha value is -1.63. The van der Waals surface area contributed by atoms with Crippen LogP contribution >= 0.6 is 0 Å². The van der Waals surface area contributed by atoms with E-state index in [-0.39, 0.29) is 12.1 Å². The van der Waals surface area contributed by atoms with E-state index in [2.05, 4.69) is 0 Å². The molecule has 0 radical (unpaired) electrons. The predicted molar refractivity (Wildman–Crippen MR) is 96.1 cm³/mol. The van der Waals surface area contributed by atoms with Gasteiger partial charge in [-0.05, 0) is 66.6 Å². The van der Waals surface area contributed by atoms with Crippen molar-refractivity contribution in [3.63, 3.8) is 0 Å². The third-order valence-corrected chi connectivity index (χ3v) is 7.28. The summed E-state index contributed by atoms with van der Waals surface area (Å²) >= 11 is 0. The van der Waals surface area contributed by atoms with Gasteiger partial charge in [-0.1, -0.05) is 12.1 Å². The summed E-state index contributed by atoms with van der Waals surface area (Å²) in [6.45, 7) is 0.394. The molecule has 2 aromatic carbocycles. The van der Waals surface area contributed by atoms with E-state index in [0.717, 1.165) is 29.4 Å². The molecule has 2 fully saturated rings. The number of hydrogen-bond acceptors (Lipinski definition) is 4. The van der Waals surface area contributed by atoms with E-state index in [0.29, 0.717) is 30.2 Å². The lowest BCUT2D eigenvalue weighted by atomic mass is 9.98. The van der Waals surface area contributed by atoms with Crippen molar-refractivity contribution in [2.45, 2.75) is 42.7 Å². The maximum atomic E-state index is 13.2. The van der Waals surface area contributed by atoms with Crippen LogP contribution in [0.5, 0.6) is 5.75 Å². The number of ether oxygens (including phenoxy) is 1. The molecule has 0 amide bonds. The lowest BCUT2D eigenvalue weighted by Crippen LogP contribution is -2.48. The minimum atomic E-state index is -3.56. The molecule has 2 aliphatic rings. The Kier molecular flexibility index (Phi) is 4.22. The minimum absolute atomic E-state index is 0.0692. The monoisotopic (exact) mass is 361 g/mol. The molecular weight excluding hydrogens is 338 g/mol. The molecule has 2 atom stereocenters. The van der Waals surface area contributed by atoms with Crippen molar-refractivity contribution in [1.29, 1.82) is 0 Å². The molecule has 1 saturated heterocycles. The average Bonchev–Trinajstić information content (AvgIpc) is 3.45. The van der Waals surface area contributed by atoms with Gasteiger partial charge < -0.3 is 9.84 Å². The molecule has 1 aliphatic carbocycles. The first kappa shape index (κ1) is 16.8. The molecule has 4 rings (SSSR count). The molecule has 6 heteroatoms. The summed E-state index contributed by atoms with van der Waals surface area (Å²) in [7, 11) is -1.94. The van der Waals surface area contributed by atoms with Crippen LogP contribution in [0.15, 0.2) is 41.3 Å². The summed E-state index contributed by atoms with van der Waals surface area (Å²) < 4.78 is 33.3. The lowest BCUT2D eigenvalue weighted by Gasteiger charge is -2.37. The third kappa shape index (κ3) is 3.14. The van der Waals surface area contributed by atoms with Gasteiger partial charge >= 0.3 is 0 Å². The first-order valence-corrected chi connectivity index (χ1v) is 10.2. The van der Waals surface area contributed by atoms with Gasteiger partial charge in [-0.15, -0.1) is 0 Å². The van der Waals surface area contributed by atoms with Gasteiger partial charge in [0.25, 0.3) is 0 Å².